The molecule has 144 valence electrons. The van der Waals surface area contributed by atoms with Crippen LogP contribution in [0.5, 0.6) is 0 Å². The Bertz CT molecular complexity index is 506. The van der Waals surface area contributed by atoms with Gasteiger partial charge in [-0.05, 0) is 52.6 Å². The van der Waals surface area contributed by atoms with E-state index < -0.39 is 0 Å². The number of aromatic nitrogens is 1. The topological polar surface area (TPSA) is 65.7 Å². The van der Waals surface area contributed by atoms with Crippen LogP contribution in [0.25, 0.3) is 0 Å². The van der Waals surface area contributed by atoms with E-state index in [0.717, 1.165) is 37.0 Å². The molecule has 1 atom stereocenters. The number of nitrogens with zero attached hydrogens (tertiary/aromatic N) is 3. The highest BCUT2D eigenvalue weighted by atomic mass is 127. The van der Waals surface area contributed by atoms with Crippen molar-refractivity contribution in [1.82, 2.24) is 20.5 Å². The van der Waals surface area contributed by atoms with Gasteiger partial charge in [0.1, 0.15) is 12.3 Å². The summed E-state index contributed by atoms with van der Waals surface area (Å²) in [4.78, 5) is 11.5. The molecule has 1 aliphatic heterocycles. The molecule has 0 aliphatic carbocycles. The van der Waals surface area contributed by atoms with E-state index in [0.29, 0.717) is 18.4 Å². The van der Waals surface area contributed by atoms with Gasteiger partial charge in [-0.15, -0.1) is 24.0 Å². The van der Waals surface area contributed by atoms with Crippen LogP contribution in [0.15, 0.2) is 9.41 Å². The van der Waals surface area contributed by atoms with Gasteiger partial charge in [0.05, 0.1) is 5.69 Å². The summed E-state index contributed by atoms with van der Waals surface area (Å²) in [6, 6.07) is 0. The second kappa shape index (κ2) is 11.7. The lowest BCUT2D eigenvalue weighted by atomic mass is 10.1. The van der Waals surface area contributed by atoms with Crippen LogP contribution in [-0.2, 0) is 6.54 Å². The predicted molar refractivity (Wildman–Crippen MR) is 114 cm³/mol. The minimum atomic E-state index is 0. The molecule has 0 bridgehead atoms. The second-order valence-corrected chi connectivity index (χ2v) is 6.79. The van der Waals surface area contributed by atoms with Crippen molar-refractivity contribution in [2.24, 2.45) is 10.9 Å². The molecule has 0 radical (unpaired) electrons. The normalized spacial score (nSPS) is 17.0. The van der Waals surface area contributed by atoms with Crippen LogP contribution in [0.4, 0.5) is 0 Å². The van der Waals surface area contributed by atoms with Gasteiger partial charge < -0.3 is 20.0 Å². The monoisotopic (exact) mass is 463 g/mol. The highest BCUT2D eigenvalue weighted by molar-refractivity contribution is 14.0. The Kier molecular flexibility index (Phi) is 10.4. The van der Waals surface area contributed by atoms with Crippen LogP contribution >= 0.6 is 24.0 Å². The number of halogens is 1. The molecule has 1 saturated heterocycles. The van der Waals surface area contributed by atoms with E-state index in [9.17, 15) is 0 Å². The van der Waals surface area contributed by atoms with Crippen molar-refractivity contribution in [2.45, 2.75) is 53.5 Å². The van der Waals surface area contributed by atoms with Crippen molar-refractivity contribution in [3.63, 3.8) is 0 Å². The molecular formula is C18H34IN5O. The zero-order chi connectivity index (χ0) is 17.4. The first-order valence-electron chi connectivity index (χ1n) is 9.26. The van der Waals surface area contributed by atoms with E-state index in [1.807, 2.05) is 13.8 Å². The van der Waals surface area contributed by atoms with Gasteiger partial charge in [-0.1, -0.05) is 13.3 Å². The maximum Gasteiger partial charge on any atom is 0.216 e. The molecule has 2 rings (SSSR count). The number of guanidine groups is 1. The summed E-state index contributed by atoms with van der Waals surface area (Å²) in [5.41, 5.74) is 0.938. The van der Waals surface area contributed by atoms with Gasteiger partial charge in [-0.25, -0.2) is 9.98 Å². The standard InChI is InChI=1S/C18H33N5O.HI/c1-5-19-18(21-12-17-22-15(3)16(4)24-17)20-11-14(2)13-23-9-7-6-8-10-23;/h14H,5-13H2,1-4H3,(H2,19,20,21);1H. The molecule has 2 N–H and O–H groups in total. The van der Waals surface area contributed by atoms with E-state index in [-0.39, 0.29) is 24.0 Å². The smallest absolute Gasteiger partial charge is 0.216 e. The maximum atomic E-state index is 5.59. The minimum Gasteiger partial charge on any atom is -0.444 e. The van der Waals surface area contributed by atoms with Crippen LogP contribution in [0, 0.1) is 19.8 Å². The third kappa shape index (κ3) is 7.94. The molecule has 7 heteroatoms. The lowest BCUT2D eigenvalue weighted by molar-refractivity contribution is 0.201. The van der Waals surface area contributed by atoms with Crippen molar-refractivity contribution >= 4 is 29.9 Å². The van der Waals surface area contributed by atoms with Crippen LogP contribution in [0.2, 0.25) is 0 Å². The van der Waals surface area contributed by atoms with Crippen LogP contribution < -0.4 is 10.6 Å². The third-order valence-electron chi connectivity index (χ3n) is 4.43. The third-order valence-corrected chi connectivity index (χ3v) is 4.43. The Labute approximate surface area is 169 Å². The van der Waals surface area contributed by atoms with Gasteiger partial charge in [0, 0.05) is 19.6 Å². The number of rotatable bonds is 7. The fourth-order valence-corrected chi connectivity index (χ4v) is 3.01. The molecule has 1 aromatic rings. The molecule has 1 aromatic heterocycles. The summed E-state index contributed by atoms with van der Waals surface area (Å²) in [5.74, 6) is 2.96. The Morgan fingerprint density at radius 1 is 1.24 bits per heavy atom. The van der Waals surface area contributed by atoms with Crippen molar-refractivity contribution in [3.8, 4) is 0 Å². The first-order valence-corrected chi connectivity index (χ1v) is 9.26. The number of hydrogen-bond donors (Lipinski definition) is 2. The molecular weight excluding hydrogens is 429 g/mol. The Morgan fingerprint density at radius 3 is 2.56 bits per heavy atom. The first-order chi connectivity index (χ1) is 11.6. The van der Waals surface area contributed by atoms with Crippen molar-refractivity contribution in [3.05, 3.63) is 17.3 Å². The van der Waals surface area contributed by atoms with Crippen LogP contribution in [0.1, 0.15) is 50.5 Å². The fraction of sp³-hybridized carbons (Fsp3) is 0.778. The molecule has 1 fully saturated rings. The van der Waals surface area contributed by atoms with E-state index in [1.54, 1.807) is 0 Å². The molecule has 0 amide bonds. The molecule has 25 heavy (non-hydrogen) atoms. The number of aryl methyl sites for hydroxylation is 2. The lowest BCUT2D eigenvalue weighted by Crippen LogP contribution is -2.42. The summed E-state index contributed by atoms with van der Waals surface area (Å²) in [6.07, 6.45) is 4.08. The maximum absolute atomic E-state index is 5.59. The van der Waals surface area contributed by atoms with E-state index in [2.05, 4.69) is 39.4 Å². The summed E-state index contributed by atoms with van der Waals surface area (Å²) < 4.78 is 5.59. The van der Waals surface area contributed by atoms with Crippen molar-refractivity contribution in [2.75, 3.05) is 32.7 Å². The molecule has 2 heterocycles. The van der Waals surface area contributed by atoms with E-state index >= 15 is 0 Å². The fourth-order valence-electron chi connectivity index (χ4n) is 3.01. The Hall–Kier alpha value is -0.830. The van der Waals surface area contributed by atoms with Crippen molar-refractivity contribution in [1.29, 1.82) is 0 Å². The average molecular weight is 463 g/mol. The van der Waals surface area contributed by atoms with E-state index in [4.69, 9.17) is 4.42 Å². The van der Waals surface area contributed by atoms with Gasteiger partial charge in [0.2, 0.25) is 5.89 Å². The van der Waals surface area contributed by atoms with E-state index in [1.165, 1.54) is 32.4 Å². The molecule has 1 unspecified atom stereocenters. The minimum absolute atomic E-state index is 0. The first kappa shape index (κ1) is 22.2. The summed E-state index contributed by atoms with van der Waals surface area (Å²) in [7, 11) is 0. The number of nitrogens with one attached hydrogen (secondary N) is 2. The molecule has 6 nitrogen and oxygen atoms in total. The zero-order valence-corrected chi connectivity index (χ0v) is 18.4. The number of likely N-dealkylation sites (tertiary alicyclic amines) is 1. The Balaban J connectivity index is 0.00000312. The van der Waals surface area contributed by atoms with Crippen LogP contribution in [0.3, 0.4) is 0 Å². The number of oxazole rings is 1. The zero-order valence-electron chi connectivity index (χ0n) is 16.1. The average Bonchev–Trinajstić information content (AvgIpc) is 2.89. The SMILES string of the molecule is CCNC(=NCc1nc(C)c(C)o1)NCC(C)CN1CCCCC1.I. The molecule has 1 aliphatic rings. The highest BCUT2D eigenvalue weighted by Gasteiger charge is 2.13. The number of hydrogen-bond acceptors (Lipinski definition) is 4. The van der Waals surface area contributed by atoms with Crippen molar-refractivity contribution < 1.29 is 4.42 Å². The summed E-state index contributed by atoms with van der Waals surface area (Å²) in [6.45, 7) is 14.2. The van der Waals surface area contributed by atoms with Crippen LogP contribution in [-0.4, -0.2) is 48.6 Å². The van der Waals surface area contributed by atoms with Gasteiger partial charge in [-0.3, -0.25) is 0 Å². The number of aliphatic imine (C=N–C) groups is 1. The van der Waals surface area contributed by atoms with Gasteiger partial charge in [-0.2, -0.15) is 0 Å². The predicted octanol–water partition coefficient (Wildman–Crippen LogP) is 3.09. The second-order valence-electron chi connectivity index (χ2n) is 6.79. The molecule has 0 saturated carbocycles. The summed E-state index contributed by atoms with van der Waals surface area (Å²) in [5, 5.41) is 6.73. The largest absolute Gasteiger partial charge is 0.444 e. The molecule has 0 spiro atoms. The van der Waals surface area contributed by atoms with Gasteiger partial charge >= 0.3 is 0 Å². The highest BCUT2D eigenvalue weighted by Crippen LogP contribution is 2.11. The quantitative estimate of drug-likeness (QED) is 0.370. The number of piperidine rings is 1. The van der Waals surface area contributed by atoms with Gasteiger partial charge in [0.15, 0.2) is 5.96 Å². The Morgan fingerprint density at radius 2 is 1.96 bits per heavy atom. The molecule has 0 aromatic carbocycles. The van der Waals surface area contributed by atoms with Gasteiger partial charge in [0.25, 0.3) is 0 Å². The summed E-state index contributed by atoms with van der Waals surface area (Å²) >= 11 is 0. The lowest BCUT2D eigenvalue weighted by Gasteiger charge is -2.29.